The van der Waals surface area contributed by atoms with Gasteiger partial charge >= 0.3 is 0 Å². The molecule has 4 rings (SSSR count). The normalized spacial score (nSPS) is 14.9. The van der Waals surface area contributed by atoms with Crippen LogP contribution < -0.4 is 16.0 Å². The quantitative estimate of drug-likeness (QED) is 0.253. The van der Waals surface area contributed by atoms with Crippen molar-refractivity contribution in [2.75, 3.05) is 18.0 Å². The van der Waals surface area contributed by atoms with E-state index in [1.54, 1.807) is 12.4 Å². The third-order valence-corrected chi connectivity index (χ3v) is 6.26. The van der Waals surface area contributed by atoms with E-state index in [1.807, 2.05) is 45.0 Å². The van der Waals surface area contributed by atoms with Crippen molar-refractivity contribution in [1.82, 2.24) is 10.2 Å². The topological polar surface area (TPSA) is 74.0 Å². The van der Waals surface area contributed by atoms with Crippen molar-refractivity contribution in [3.05, 3.63) is 90.3 Å². The van der Waals surface area contributed by atoms with Crippen LogP contribution in [0.1, 0.15) is 44.7 Å². The Bertz CT molecular complexity index is 1150. The number of piperidine rings is 1. The largest absolute Gasteiger partial charge is 0.349 e. The van der Waals surface area contributed by atoms with E-state index in [9.17, 15) is 4.79 Å². The fraction of sp³-hybridized carbons (Fsp3) is 0.333. The van der Waals surface area contributed by atoms with Gasteiger partial charge in [-0.3, -0.25) is 19.6 Å². The van der Waals surface area contributed by atoms with Gasteiger partial charge in [0.15, 0.2) is 0 Å². The third kappa shape index (κ3) is 7.77. The van der Waals surface area contributed by atoms with Crippen molar-refractivity contribution in [2.45, 2.75) is 52.7 Å². The van der Waals surface area contributed by atoms with Crippen LogP contribution in [0.25, 0.3) is 10.8 Å². The van der Waals surface area contributed by atoms with E-state index in [2.05, 4.69) is 52.7 Å². The second kappa shape index (κ2) is 14.2. The van der Waals surface area contributed by atoms with Gasteiger partial charge in [0.05, 0.1) is 11.9 Å². The van der Waals surface area contributed by atoms with Crippen LogP contribution in [-0.4, -0.2) is 36.3 Å². The molecule has 0 saturated carbocycles. The van der Waals surface area contributed by atoms with Crippen molar-refractivity contribution in [1.29, 1.82) is 0 Å². The smallest absolute Gasteiger partial charge is 0.218 e. The van der Waals surface area contributed by atoms with Gasteiger partial charge in [-0.05, 0) is 59.9 Å². The van der Waals surface area contributed by atoms with E-state index in [1.165, 1.54) is 21.2 Å². The molecule has 0 atom stereocenters. The molecule has 1 aliphatic heterocycles. The summed E-state index contributed by atoms with van der Waals surface area (Å²) in [7, 11) is 0. The number of amidine groups is 1. The molecule has 3 aromatic rings. The number of hydrogen-bond acceptors (Lipinski definition) is 4. The van der Waals surface area contributed by atoms with Crippen LogP contribution in [0.15, 0.2) is 84.1 Å². The van der Waals surface area contributed by atoms with Crippen LogP contribution in [0.5, 0.6) is 0 Å². The van der Waals surface area contributed by atoms with Gasteiger partial charge in [0, 0.05) is 44.3 Å². The molecule has 1 aliphatic rings. The van der Waals surface area contributed by atoms with Gasteiger partial charge in [-0.2, -0.15) is 0 Å². The van der Waals surface area contributed by atoms with E-state index in [-0.39, 0.29) is 0 Å². The van der Waals surface area contributed by atoms with E-state index in [0.29, 0.717) is 12.6 Å². The summed E-state index contributed by atoms with van der Waals surface area (Å²) < 4.78 is 0. The Labute approximate surface area is 215 Å². The second-order valence-electron chi connectivity index (χ2n) is 8.75. The fourth-order valence-corrected chi connectivity index (χ4v) is 4.34. The summed E-state index contributed by atoms with van der Waals surface area (Å²) >= 11 is 0. The molecule has 36 heavy (non-hydrogen) atoms. The number of rotatable bonds is 8. The van der Waals surface area contributed by atoms with Crippen molar-refractivity contribution < 1.29 is 4.79 Å². The number of nitrogens with zero attached hydrogens (tertiary/aromatic N) is 3. The van der Waals surface area contributed by atoms with Crippen LogP contribution in [0, 0.1) is 0 Å². The number of nitrogens with two attached hydrogens (primary N) is 1. The molecule has 1 amide bonds. The lowest BCUT2D eigenvalue weighted by Gasteiger charge is -2.30. The van der Waals surface area contributed by atoms with Gasteiger partial charge in [-0.1, -0.05) is 62.4 Å². The zero-order chi connectivity index (χ0) is 25.8. The van der Waals surface area contributed by atoms with E-state index >= 15 is 0 Å². The number of fused-ring (bicyclic) bond motifs is 1. The lowest BCUT2D eigenvalue weighted by molar-refractivity contribution is -0.106. The fourth-order valence-electron chi connectivity index (χ4n) is 4.34. The molecule has 0 bridgehead atoms. The summed E-state index contributed by atoms with van der Waals surface area (Å²) in [6, 6.07) is 23.2. The highest BCUT2D eigenvalue weighted by atomic mass is 16.1. The zero-order valence-electron chi connectivity index (χ0n) is 21.7. The standard InChI is InChI=1S/C28H33N5O.C2H6/c1-22(30-14-17-33(21-34)28-10-7-23(19-29)8-11-28)31-27-12-15-32(16-13-27)20-24-6-9-25-4-2-3-5-26(25)18-24;1-2/h2-11,14,17-18,21,27H,12-13,15-16,19-20,29H2,1H3,(H,30,31);1-2H3/b17-14-;. The summed E-state index contributed by atoms with van der Waals surface area (Å²) in [4.78, 5) is 20.3. The minimum Gasteiger partial charge on any atom is -0.349 e. The molecule has 0 spiro atoms. The van der Waals surface area contributed by atoms with Gasteiger partial charge in [-0.25, -0.2) is 0 Å². The number of benzene rings is 3. The Morgan fingerprint density at radius 2 is 1.69 bits per heavy atom. The van der Waals surface area contributed by atoms with Gasteiger partial charge in [0.25, 0.3) is 0 Å². The van der Waals surface area contributed by atoms with Crippen LogP contribution in [-0.2, 0) is 17.9 Å². The van der Waals surface area contributed by atoms with Crippen molar-refractivity contribution in [3.8, 4) is 0 Å². The van der Waals surface area contributed by atoms with Crippen LogP contribution in [0.4, 0.5) is 5.69 Å². The maximum atomic E-state index is 11.5. The lowest BCUT2D eigenvalue weighted by atomic mass is 10.0. The number of hydrogen-bond donors (Lipinski definition) is 2. The highest BCUT2D eigenvalue weighted by molar-refractivity contribution is 5.83. The third-order valence-electron chi connectivity index (χ3n) is 6.26. The molecule has 1 fully saturated rings. The summed E-state index contributed by atoms with van der Waals surface area (Å²) in [5, 5.41) is 5.78. The van der Waals surface area contributed by atoms with Gasteiger partial charge in [0.2, 0.25) is 6.41 Å². The average Bonchev–Trinajstić information content (AvgIpc) is 2.93. The monoisotopic (exact) mass is 485 g/mol. The molecular weight excluding hydrogens is 446 g/mol. The second-order valence-corrected chi connectivity index (χ2v) is 8.75. The Hall–Kier alpha value is -3.48. The molecule has 190 valence electrons. The van der Waals surface area contributed by atoms with E-state index in [0.717, 1.165) is 56.0 Å². The predicted molar refractivity (Wildman–Crippen MR) is 152 cm³/mol. The molecule has 6 heteroatoms. The highest BCUT2D eigenvalue weighted by Gasteiger charge is 2.18. The molecule has 0 radical (unpaired) electrons. The highest BCUT2D eigenvalue weighted by Crippen LogP contribution is 2.20. The molecule has 6 nitrogen and oxygen atoms in total. The Balaban J connectivity index is 0.00000176. The summed E-state index contributed by atoms with van der Waals surface area (Å²) in [5.74, 6) is 0.855. The molecular formula is C30H39N5O. The van der Waals surface area contributed by atoms with Crippen LogP contribution in [0.3, 0.4) is 0 Å². The van der Waals surface area contributed by atoms with Gasteiger partial charge < -0.3 is 11.1 Å². The maximum absolute atomic E-state index is 11.5. The first-order valence-corrected chi connectivity index (χ1v) is 12.8. The number of aliphatic imine (C=N–C) groups is 1. The number of likely N-dealkylation sites (tertiary alicyclic amines) is 1. The van der Waals surface area contributed by atoms with Crippen LogP contribution >= 0.6 is 0 Å². The molecule has 1 heterocycles. The Kier molecular flexibility index (Phi) is 10.7. The minimum absolute atomic E-state index is 0.319. The van der Waals surface area contributed by atoms with Crippen molar-refractivity contribution in [3.63, 3.8) is 0 Å². The number of amides is 1. The van der Waals surface area contributed by atoms with E-state index in [4.69, 9.17) is 10.7 Å². The number of carbonyl (C=O) groups is 1. The summed E-state index contributed by atoms with van der Waals surface area (Å²) in [6.07, 6.45) is 6.33. The number of nitrogens with one attached hydrogen (secondary N) is 1. The number of anilines is 1. The first-order chi connectivity index (χ1) is 17.6. The lowest BCUT2D eigenvalue weighted by Crippen LogP contribution is -2.35. The molecule has 0 unspecified atom stereocenters. The number of carbonyl (C=O) groups excluding carboxylic acids is 1. The molecule has 1 saturated heterocycles. The predicted octanol–water partition coefficient (Wildman–Crippen LogP) is 5.43. The summed E-state index contributed by atoms with van der Waals surface area (Å²) in [5.41, 5.74) is 8.82. The SMILES string of the molecule is CC.CC(=NC1CCN(Cc2ccc3ccccc3c2)CC1)N/C=C\N(C=O)c1ccc(CN)cc1. The van der Waals surface area contributed by atoms with E-state index < -0.39 is 0 Å². The van der Waals surface area contributed by atoms with Crippen molar-refractivity contribution in [2.24, 2.45) is 10.7 Å². The first kappa shape index (κ1) is 27.1. The first-order valence-electron chi connectivity index (χ1n) is 12.8. The molecule has 3 aromatic carbocycles. The zero-order valence-corrected chi connectivity index (χ0v) is 21.7. The average molecular weight is 486 g/mol. The van der Waals surface area contributed by atoms with Gasteiger partial charge in [0.1, 0.15) is 0 Å². The maximum Gasteiger partial charge on any atom is 0.218 e. The Morgan fingerprint density at radius 3 is 2.36 bits per heavy atom. The minimum atomic E-state index is 0.319. The van der Waals surface area contributed by atoms with Gasteiger partial charge in [-0.15, -0.1) is 0 Å². The summed E-state index contributed by atoms with van der Waals surface area (Å²) in [6.45, 7) is 9.52. The molecule has 0 aromatic heterocycles. The Morgan fingerprint density at radius 1 is 1.03 bits per heavy atom. The van der Waals surface area contributed by atoms with Crippen LogP contribution in [0.2, 0.25) is 0 Å². The molecule has 0 aliphatic carbocycles. The van der Waals surface area contributed by atoms with Crippen molar-refractivity contribution >= 4 is 28.7 Å². The molecule has 3 N–H and O–H groups in total.